The van der Waals surface area contributed by atoms with Crippen molar-refractivity contribution in [3.8, 4) is 11.6 Å². The fourth-order valence-electron chi connectivity index (χ4n) is 2.99. The molecule has 0 N–H and O–H groups in total. The molecular formula is C25H17N3O4. The Bertz CT molecular complexity index is 1340. The van der Waals surface area contributed by atoms with Crippen LogP contribution in [-0.4, -0.2) is 20.7 Å². The minimum absolute atomic E-state index is 0.00134. The summed E-state index contributed by atoms with van der Waals surface area (Å²) in [7, 11) is 0. The zero-order valence-electron chi connectivity index (χ0n) is 16.8. The number of nitro benzene ring substituents is 1. The largest absolute Gasteiger partial charge is 0.438 e. The second-order valence-corrected chi connectivity index (χ2v) is 6.75. The highest BCUT2D eigenvalue weighted by molar-refractivity contribution is 6.04. The number of hydrogen-bond donors (Lipinski definition) is 0. The molecule has 7 nitrogen and oxygen atoms in total. The van der Waals surface area contributed by atoms with Crippen LogP contribution >= 0.6 is 0 Å². The molecule has 0 atom stereocenters. The van der Waals surface area contributed by atoms with Gasteiger partial charge in [0.15, 0.2) is 5.78 Å². The van der Waals surface area contributed by atoms with Crippen LogP contribution in [0.25, 0.3) is 23.1 Å². The normalized spacial score (nSPS) is 11.2. The third kappa shape index (κ3) is 4.91. The highest BCUT2D eigenvalue weighted by Gasteiger charge is 2.08. The molecule has 0 amide bonds. The number of allylic oxidation sites excluding steroid dienone is 2. The lowest BCUT2D eigenvalue weighted by Gasteiger charge is -2.09. The second-order valence-electron chi connectivity index (χ2n) is 6.75. The molecule has 32 heavy (non-hydrogen) atoms. The highest BCUT2D eigenvalue weighted by Crippen LogP contribution is 2.29. The number of ketones is 1. The van der Waals surface area contributed by atoms with Crippen molar-refractivity contribution in [3.05, 3.63) is 113 Å². The lowest BCUT2D eigenvalue weighted by atomic mass is 10.1. The Kier molecular flexibility index (Phi) is 6.08. The minimum atomic E-state index is -0.467. The number of ether oxygens (including phenoxy) is 1. The fraction of sp³-hybridized carbons (Fsp3) is 0. The van der Waals surface area contributed by atoms with Gasteiger partial charge in [-0.3, -0.25) is 14.9 Å². The molecule has 0 spiro atoms. The molecule has 0 aliphatic heterocycles. The predicted octanol–water partition coefficient (Wildman–Crippen LogP) is 5.63. The molecule has 0 unspecified atom stereocenters. The zero-order chi connectivity index (χ0) is 22.3. The molecule has 0 radical (unpaired) electrons. The maximum Gasteiger partial charge on any atom is 0.269 e. The summed E-state index contributed by atoms with van der Waals surface area (Å²) in [5.74, 6) is 0.756. The summed E-state index contributed by atoms with van der Waals surface area (Å²) in [6, 6.07) is 20.8. The number of fused-ring (bicyclic) bond motifs is 1. The van der Waals surface area contributed by atoms with Gasteiger partial charge in [0.1, 0.15) is 12.1 Å². The summed E-state index contributed by atoms with van der Waals surface area (Å²) >= 11 is 0. The van der Waals surface area contributed by atoms with Crippen molar-refractivity contribution in [1.29, 1.82) is 0 Å². The van der Waals surface area contributed by atoms with Crippen LogP contribution in [0.3, 0.4) is 0 Å². The minimum Gasteiger partial charge on any atom is -0.438 e. The average molecular weight is 423 g/mol. The number of carbonyl (C=O) groups is 1. The molecule has 0 saturated heterocycles. The Hall–Kier alpha value is -4.65. The SMILES string of the molecule is O=C(C=Cc1ccc([N+](=O)[O-])cc1)C=Cc1ccccc1Oc1ncnc2ccccc12. The van der Waals surface area contributed by atoms with E-state index in [1.54, 1.807) is 30.4 Å². The van der Waals surface area contributed by atoms with Gasteiger partial charge >= 0.3 is 0 Å². The van der Waals surface area contributed by atoms with E-state index in [2.05, 4.69) is 9.97 Å². The fourth-order valence-corrected chi connectivity index (χ4v) is 2.99. The molecule has 0 aliphatic carbocycles. The number of nitro groups is 1. The van der Waals surface area contributed by atoms with Gasteiger partial charge in [0.25, 0.3) is 5.69 Å². The van der Waals surface area contributed by atoms with Crippen molar-refractivity contribution in [1.82, 2.24) is 9.97 Å². The van der Waals surface area contributed by atoms with Gasteiger partial charge in [-0.1, -0.05) is 36.4 Å². The van der Waals surface area contributed by atoms with E-state index in [4.69, 9.17) is 4.74 Å². The summed E-state index contributed by atoms with van der Waals surface area (Å²) in [6.07, 6.45) is 7.55. The van der Waals surface area contributed by atoms with Crippen LogP contribution in [0.4, 0.5) is 5.69 Å². The first kappa shape index (κ1) is 20.6. The van der Waals surface area contributed by atoms with Crippen LogP contribution in [0.5, 0.6) is 11.6 Å². The Labute approximate surface area is 183 Å². The van der Waals surface area contributed by atoms with Gasteiger partial charge in [-0.15, -0.1) is 0 Å². The first-order valence-corrected chi connectivity index (χ1v) is 9.71. The van der Waals surface area contributed by atoms with E-state index in [0.717, 1.165) is 10.9 Å². The Morgan fingerprint density at radius 1 is 0.875 bits per heavy atom. The molecule has 0 bridgehead atoms. The molecule has 3 aromatic carbocycles. The van der Waals surface area contributed by atoms with Crippen LogP contribution in [0, 0.1) is 10.1 Å². The first-order valence-electron chi connectivity index (χ1n) is 9.71. The first-order chi connectivity index (χ1) is 15.6. The Balaban J connectivity index is 1.50. The number of benzene rings is 3. The molecule has 0 saturated carbocycles. The van der Waals surface area contributed by atoms with Crippen LogP contribution < -0.4 is 4.74 Å². The third-order valence-corrected chi connectivity index (χ3v) is 4.60. The Morgan fingerprint density at radius 2 is 1.59 bits per heavy atom. The lowest BCUT2D eigenvalue weighted by molar-refractivity contribution is -0.384. The van der Waals surface area contributed by atoms with E-state index >= 15 is 0 Å². The van der Waals surface area contributed by atoms with E-state index < -0.39 is 4.92 Å². The molecular weight excluding hydrogens is 406 g/mol. The molecule has 0 aliphatic rings. The van der Waals surface area contributed by atoms with Gasteiger partial charge < -0.3 is 4.74 Å². The number of carbonyl (C=O) groups excluding carboxylic acids is 1. The Morgan fingerprint density at radius 3 is 2.41 bits per heavy atom. The monoisotopic (exact) mass is 423 g/mol. The number of para-hydroxylation sites is 2. The standard InChI is InChI=1S/C25H17N3O4/c29-21(15-11-18-9-13-20(14-10-18)28(30)31)16-12-19-5-1-4-8-24(19)32-25-22-6-2-3-7-23(22)26-17-27-25/h1-17H. The maximum atomic E-state index is 12.3. The second kappa shape index (κ2) is 9.44. The van der Waals surface area contributed by atoms with E-state index in [9.17, 15) is 14.9 Å². The van der Waals surface area contributed by atoms with Gasteiger partial charge in [0.05, 0.1) is 15.8 Å². The van der Waals surface area contributed by atoms with Gasteiger partial charge in [-0.25, -0.2) is 9.97 Å². The molecule has 4 rings (SSSR count). The van der Waals surface area contributed by atoms with Crippen LogP contribution in [0.2, 0.25) is 0 Å². The topological polar surface area (TPSA) is 95.2 Å². The molecule has 0 fully saturated rings. The molecule has 4 aromatic rings. The van der Waals surface area contributed by atoms with Crippen molar-refractivity contribution in [3.63, 3.8) is 0 Å². The summed E-state index contributed by atoms with van der Waals surface area (Å²) in [4.78, 5) is 31.0. The van der Waals surface area contributed by atoms with Crippen molar-refractivity contribution in [2.24, 2.45) is 0 Å². The third-order valence-electron chi connectivity index (χ3n) is 4.60. The summed E-state index contributed by atoms with van der Waals surface area (Å²) in [6.45, 7) is 0. The van der Waals surface area contributed by atoms with Crippen LogP contribution in [-0.2, 0) is 4.79 Å². The average Bonchev–Trinajstić information content (AvgIpc) is 2.82. The summed E-state index contributed by atoms with van der Waals surface area (Å²) in [5.41, 5.74) is 2.18. The number of hydrogen-bond acceptors (Lipinski definition) is 6. The van der Waals surface area contributed by atoms with E-state index in [0.29, 0.717) is 22.8 Å². The van der Waals surface area contributed by atoms with E-state index in [1.165, 1.54) is 30.6 Å². The van der Waals surface area contributed by atoms with Crippen molar-refractivity contribution >= 4 is 34.5 Å². The van der Waals surface area contributed by atoms with E-state index in [1.807, 2.05) is 42.5 Å². The van der Waals surface area contributed by atoms with E-state index in [-0.39, 0.29) is 11.5 Å². The van der Waals surface area contributed by atoms with Gasteiger partial charge in [0, 0.05) is 17.7 Å². The summed E-state index contributed by atoms with van der Waals surface area (Å²) < 4.78 is 6.03. The van der Waals surface area contributed by atoms with Gasteiger partial charge in [0.2, 0.25) is 5.88 Å². The van der Waals surface area contributed by atoms with Crippen LogP contribution in [0.15, 0.2) is 91.3 Å². The molecule has 1 aromatic heterocycles. The van der Waals surface area contributed by atoms with Crippen molar-refractivity contribution in [2.75, 3.05) is 0 Å². The summed E-state index contributed by atoms with van der Waals surface area (Å²) in [5, 5.41) is 11.5. The number of non-ortho nitro benzene ring substituents is 1. The van der Waals surface area contributed by atoms with Gasteiger partial charge in [-0.05, 0) is 54.1 Å². The predicted molar refractivity (Wildman–Crippen MR) is 122 cm³/mol. The molecule has 7 heteroatoms. The van der Waals surface area contributed by atoms with Crippen molar-refractivity contribution < 1.29 is 14.5 Å². The zero-order valence-corrected chi connectivity index (χ0v) is 16.8. The van der Waals surface area contributed by atoms with Crippen molar-refractivity contribution in [2.45, 2.75) is 0 Å². The van der Waals surface area contributed by atoms with Crippen LogP contribution in [0.1, 0.15) is 11.1 Å². The smallest absolute Gasteiger partial charge is 0.269 e. The number of rotatable bonds is 7. The number of aromatic nitrogens is 2. The van der Waals surface area contributed by atoms with Gasteiger partial charge in [-0.2, -0.15) is 0 Å². The molecule has 156 valence electrons. The quantitative estimate of drug-likeness (QED) is 0.217. The molecule has 1 heterocycles. The lowest BCUT2D eigenvalue weighted by Crippen LogP contribution is -1.93. The maximum absolute atomic E-state index is 12.3. The number of nitrogens with zero attached hydrogens (tertiary/aromatic N) is 3. The highest BCUT2D eigenvalue weighted by atomic mass is 16.6.